The van der Waals surface area contributed by atoms with Crippen molar-refractivity contribution >= 4 is 11.4 Å². The first-order valence-corrected chi connectivity index (χ1v) is 45.7. The van der Waals surface area contributed by atoms with E-state index in [1.54, 1.807) is 14.5 Å². The average Bonchev–Trinajstić information content (AvgIpc) is 1.62. The quantitative estimate of drug-likeness (QED) is 0.0358. The summed E-state index contributed by atoms with van der Waals surface area (Å²) in [7, 11) is 0. The minimum absolute atomic E-state index is 0.992. The summed E-state index contributed by atoms with van der Waals surface area (Å²) in [5.74, 6) is 0. The molecule has 1 aliphatic rings. The zero-order chi connectivity index (χ0) is 68.4. The number of unbranched alkanes of at least 4 members (excludes halogenated alkanes) is 54. The average molecular weight is 1410 g/mol. The molecule has 554 valence electrons. The molecule has 3 heteroatoms. The Bertz CT molecular complexity index is 1970. The Hall–Kier alpha value is -1.82. The maximum absolute atomic E-state index is 12.0. The van der Waals surface area contributed by atoms with Gasteiger partial charge in [-0.05, 0) is 118 Å². The third-order valence-corrected chi connectivity index (χ3v) is 23.3. The second kappa shape index (κ2) is 68.0. The topological polar surface area (TPSA) is 25.3 Å². The van der Waals surface area contributed by atoms with Crippen LogP contribution in [0.4, 0.5) is 0 Å². The summed E-state index contributed by atoms with van der Waals surface area (Å²) in [5.41, 5.74) is 24.6. The van der Waals surface area contributed by atoms with E-state index in [4.69, 9.17) is 0 Å². The first-order valence-electron chi connectivity index (χ1n) is 43.5. The van der Waals surface area contributed by atoms with Crippen LogP contribution in [0.15, 0.2) is 47.5 Å². The summed E-state index contributed by atoms with van der Waals surface area (Å²) in [4.78, 5) is 3.10. The van der Waals surface area contributed by atoms with Crippen LogP contribution in [0.25, 0.3) is 16.9 Å². The van der Waals surface area contributed by atoms with Gasteiger partial charge in [0.25, 0.3) is 0 Å². The third-order valence-electron chi connectivity index (χ3n) is 21.1. The van der Waals surface area contributed by atoms with Crippen molar-refractivity contribution in [1.82, 2.24) is 0 Å². The number of allylic oxidation sites excluding steroid dienone is 2. The van der Waals surface area contributed by atoms with Crippen LogP contribution in [0, 0.1) is 0 Å². The van der Waals surface area contributed by atoms with Crippen LogP contribution < -0.4 is 0 Å². The van der Waals surface area contributed by atoms with Crippen LogP contribution in [0.1, 0.15) is 487 Å². The molecule has 0 atom stereocenters. The normalized spacial score (nSPS) is 12.6. The molecular formula is C92H166N2Pd. The molecular weight excluding hydrogens is 1240 g/mol. The molecule has 0 saturated carbocycles. The first-order chi connectivity index (χ1) is 46.9. The van der Waals surface area contributed by atoms with E-state index in [-0.39, 0.29) is 0 Å². The maximum atomic E-state index is 12.0. The molecule has 3 rings (SSSR count). The van der Waals surface area contributed by atoms with E-state index >= 15 is 0 Å². The fourth-order valence-corrected chi connectivity index (χ4v) is 16.7. The van der Waals surface area contributed by atoms with Crippen molar-refractivity contribution in [2.75, 3.05) is 0 Å². The Morgan fingerprint density at radius 3 is 0.663 bits per heavy atom. The third kappa shape index (κ3) is 49.4. The Kier molecular flexibility index (Phi) is 63.9. The van der Waals surface area contributed by atoms with E-state index in [9.17, 15) is 5.53 Å². The molecule has 2 aromatic carbocycles. The van der Waals surface area contributed by atoms with Gasteiger partial charge in [-0.15, -0.1) is 0 Å². The smallest absolute Gasteiger partial charge is 0.0654 e. The fourth-order valence-electron chi connectivity index (χ4n) is 14.8. The number of aryl methyl sites for hydroxylation is 4. The van der Waals surface area contributed by atoms with E-state index < -0.39 is 0 Å². The van der Waals surface area contributed by atoms with Gasteiger partial charge in [0.1, 0.15) is 0 Å². The minimum atomic E-state index is 0.992. The molecule has 0 spiro atoms. The zero-order valence-electron chi connectivity index (χ0n) is 65.8. The van der Waals surface area contributed by atoms with Crippen LogP contribution in [-0.2, 0) is 43.7 Å². The molecule has 0 unspecified atom stereocenters. The number of rotatable bonds is 70. The van der Waals surface area contributed by atoms with Gasteiger partial charge in [-0.3, -0.25) is 0 Å². The van der Waals surface area contributed by atoms with Crippen molar-refractivity contribution in [3.05, 3.63) is 86.5 Å². The fraction of sp³-hybridized carbons (Fsp3) is 0.826. The van der Waals surface area contributed by atoms with Crippen molar-refractivity contribution in [2.24, 2.45) is 0 Å². The summed E-state index contributed by atoms with van der Waals surface area (Å²) in [6.07, 6.45) is 93.1. The van der Waals surface area contributed by atoms with Crippen molar-refractivity contribution in [2.45, 2.75) is 489 Å². The number of hydrogen-bond acceptors (Lipinski definition) is 0. The van der Waals surface area contributed by atoms with Gasteiger partial charge in [-0.1, -0.05) is 279 Å². The summed E-state index contributed by atoms with van der Waals surface area (Å²) in [6.45, 7) is 18.2. The van der Waals surface area contributed by atoms with E-state index in [1.165, 1.54) is 430 Å². The van der Waals surface area contributed by atoms with Crippen LogP contribution in [0.2, 0.25) is 9.79 Å². The Morgan fingerprint density at radius 1 is 0.232 bits per heavy atom. The summed E-state index contributed by atoms with van der Waals surface area (Å²) < 4.78 is 1.57. The predicted molar refractivity (Wildman–Crippen MR) is 426 cm³/mol. The van der Waals surface area contributed by atoms with Crippen LogP contribution in [0.5, 0.6) is 0 Å². The number of nitrogens with zero attached hydrogens (tertiary/aromatic N) is 2. The van der Waals surface area contributed by atoms with Crippen LogP contribution in [-0.4, -0.2) is 4.70 Å². The second-order valence-electron chi connectivity index (χ2n) is 30.5. The Labute approximate surface area is 605 Å². The standard InChI is InChI=1S/C38H56N2.2C27H55.Pd/c1-7-12-17-22-36-29(6)37(34-25-30(18-13-8-2)23-31(26-34)19-14-9-3)40(39)38(36)35-27-32(20-15-10-4)24-33(28-35)21-16-11-5;2*1-3-5-7-9-11-13-15-17-19-21-23-25-27-26-24-22-20-18-16-14-12-10-8-6-4-2;/h23-28H,7-22H2,1-6H3;2*1,3-27H2,2H3;. The van der Waals surface area contributed by atoms with Gasteiger partial charge < -0.3 is 5.53 Å². The molecule has 0 saturated heterocycles. The van der Waals surface area contributed by atoms with Crippen molar-refractivity contribution in [1.29, 1.82) is 0 Å². The molecule has 0 aromatic heterocycles. The molecule has 0 N–H and O–H groups in total. The van der Waals surface area contributed by atoms with Gasteiger partial charge in [-0.2, -0.15) is 0 Å². The zero-order valence-corrected chi connectivity index (χ0v) is 67.3. The summed E-state index contributed by atoms with van der Waals surface area (Å²) in [5, 5.41) is 0. The monoisotopic (exact) mass is 1410 g/mol. The molecule has 0 radical (unpaired) electrons. The van der Waals surface area contributed by atoms with Crippen molar-refractivity contribution in [3.8, 4) is 0 Å². The van der Waals surface area contributed by atoms with Gasteiger partial charge in [0, 0.05) is 22.3 Å². The van der Waals surface area contributed by atoms with E-state index in [2.05, 4.69) is 91.8 Å². The summed E-state index contributed by atoms with van der Waals surface area (Å²) in [6, 6.07) is 14.3. The van der Waals surface area contributed by atoms with Gasteiger partial charge in [0.15, 0.2) is 0 Å². The molecule has 0 fully saturated rings. The SMILES string of the molecule is CCCCCC1=C(c2cc(CCCC)cc(CCCC)c2)[N+](=[N-])C(c2cc(CCCC)cc(CCCC)c2)=C1C.CCCCCCCCCCCCCCCCCCCCCCCCCC[CH2][Pd][CH2]CCCCCCCCCCCCCCCCCCCCCCCCCC. The van der Waals surface area contributed by atoms with Gasteiger partial charge in [-0.25, -0.2) is 4.70 Å². The van der Waals surface area contributed by atoms with Gasteiger partial charge in [0.05, 0.1) is 0 Å². The van der Waals surface area contributed by atoms with Crippen LogP contribution in [0.3, 0.4) is 0 Å². The minimum Gasteiger partial charge on any atom is -0.0654 e. The molecule has 1 heterocycles. The molecule has 0 aliphatic carbocycles. The predicted octanol–water partition coefficient (Wildman–Crippen LogP) is 33.3. The van der Waals surface area contributed by atoms with E-state index in [0.29, 0.717) is 0 Å². The van der Waals surface area contributed by atoms with Gasteiger partial charge >= 0.3 is 169 Å². The molecule has 2 nitrogen and oxygen atoms in total. The first kappa shape index (κ1) is 89.3. The second-order valence-corrected chi connectivity index (χ2v) is 32.8. The van der Waals surface area contributed by atoms with Crippen molar-refractivity contribution in [3.63, 3.8) is 0 Å². The Morgan fingerprint density at radius 2 is 0.432 bits per heavy atom. The molecule has 2 aromatic rings. The van der Waals surface area contributed by atoms with Gasteiger partial charge in [0.2, 0.25) is 11.4 Å². The Balaban J connectivity index is 0.000000676. The molecule has 95 heavy (non-hydrogen) atoms. The van der Waals surface area contributed by atoms with E-state index in [1.807, 2.05) is 0 Å². The number of benzene rings is 2. The van der Waals surface area contributed by atoms with Crippen LogP contribution >= 0.6 is 0 Å². The molecule has 0 bridgehead atoms. The summed E-state index contributed by atoms with van der Waals surface area (Å²) >= 11 is 1.05. The van der Waals surface area contributed by atoms with Crippen molar-refractivity contribution < 1.29 is 22.7 Å². The molecule has 1 aliphatic heterocycles. The van der Waals surface area contributed by atoms with E-state index in [0.717, 1.165) is 67.9 Å². The number of hydrogen-bond donors (Lipinski definition) is 0. The molecule has 0 amide bonds.